The molecule has 0 saturated carbocycles. The molecule has 0 unspecified atom stereocenters. The summed E-state index contributed by atoms with van der Waals surface area (Å²) in [5, 5.41) is -1.09. The molecule has 0 heterocycles. The molecule has 8 nitrogen and oxygen atoms in total. The second-order valence-corrected chi connectivity index (χ2v) is 13.8. The van der Waals surface area contributed by atoms with Gasteiger partial charge < -0.3 is 18.1 Å². The van der Waals surface area contributed by atoms with E-state index >= 15 is 0 Å². The van der Waals surface area contributed by atoms with Crippen LogP contribution in [0.25, 0.3) is 0 Å². The highest BCUT2D eigenvalue weighted by molar-refractivity contribution is 7.65. The molecular formula is C24H42O8P2. The van der Waals surface area contributed by atoms with Crippen molar-refractivity contribution in [2.45, 2.75) is 108 Å². The van der Waals surface area contributed by atoms with Gasteiger partial charge in [-0.2, -0.15) is 0 Å². The SMILES string of the molecule is CC(C)OP(=O)(OC(C)C)C1=C(P(=O)(OC(C)C)OC(C)C)C(=O)C(C(C)C)=C(C(C)C)C1=O. The molecule has 0 radical (unpaired) electrons. The molecule has 0 bridgehead atoms. The van der Waals surface area contributed by atoms with E-state index in [2.05, 4.69) is 0 Å². The van der Waals surface area contributed by atoms with Gasteiger partial charge in [0.1, 0.15) is 10.6 Å². The van der Waals surface area contributed by atoms with E-state index in [0.29, 0.717) is 0 Å². The lowest BCUT2D eigenvalue weighted by Gasteiger charge is -2.34. The maximum atomic E-state index is 14.3. The zero-order valence-corrected chi connectivity index (χ0v) is 24.4. The van der Waals surface area contributed by atoms with Crippen molar-refractivity contribution in [3.8, 4) is 0 Å². The third kappa shape index (κ3) is 7.09. The Hall–Kier alpha value is -0.880. The second kappa shape index (κ2) is 11.9. The minimum absolute atomic E-state index is 0.208. The van der Waals surface area contributed by atoms with Gasteiger partial charge in [-0.25, -0.2) is 0 Å². The van der Waals surface area contributed by atoms with Crippen LogP contribution in [0.15, 0.2) is 21.8 Å². The van der Waals surface area contributed by atoms with Crippen molar-refractivity contribution < 1.29 is 36.8 Å². The Balaban J connectivity index is 4.25. The monoisotopic (exact) mass is 520 g/mol. The third-order valence-corrected chi connectivity index (χ3v) is 9.46. The fourth-order valence-corrected chi connectivity index (χ4v) is 8.68. The topological polar surface area (TPSA) is 105 Å². The van der Waals surface area contributed by atoms with E-state index in [9.17, 15) is 18.7 Å². The van der Waals surface area contributed by atoms with Gasteiger partial charge in [0, 0.05) is 11.1 Å². The molecule has 1 aliphatic carbocycles. The fraction of sp³-hybridized carbons (Fsp3) is 0.750. The number of carbonyl (C=O) groups is 2. The maximum absolute atomic E-state index is 14.3. The Morgan fingerprint density at radius 3 is 0.824 bits per heavy atom. The van der Waals surface area contributed by atoms with E-state index in [-0.39, 0.29) is 23.0 Å². The number of hydrogen-bond donors (Lipinski definition) is 0. The van der Waals surface area contributed by atoms with Crippen molar-refractivity contribution in [1.29, 1.82) is 0 Å². The standard InChI is InChI=1S/C24H42O8P2/c1-13(2)19-20(14(3)4)22(26)24(34(28,31-17(9)10)32-18(11)12)23(21(19)25)33(27,29-15(5)6)30-16(7)8/h13-18H,1-12H3. The van der Waals surface area contributed by atoms with Crippen molar-refractivity contribution in [2.24, 2.45) is 11.8 Å². The molecule has 1 rings (SSSR count). The van der Waals surface area contributed by atoms with E-state index in [0.717, 1.165) is 0 Å². The lowest BCUT2D eigenvalue weighted by molar-refractivity contribution is -0.116. The van der Waals surface area contributed by atoms with Gasteiger partial charge in [0.25, 0.3) is 0 Å². The summed E-state index contributed by atoms with van der Waals surface area (Å²) < 4.78 is 51.4. The molecule has 0 aromatic heterocycles. The first-order valence-corrected chi connectivity index (χ1v) is 15.0. The first-order valence-electron chi connectivity index (χ1n) is 11.9. The third-order valence-electron chi connectivity index (χ3n) is 4.53. The van der Waals surface area contributed by atoms with Crippen LogP contribution in [0.2, 0.25) is 0 Å². The molecule has 196 valence electrons. The molecule has 0 aromatic rings. The van der Waals surface area contributed by atoms with Crippen LogP contribution in [0.1, 0.15) is 83.1 Å². The molecule has 0 saturated heterocycles. The largest absolute Gasteiger partial charge is 0.366 e. The van der Waals surface area contributed by atoms with Gasteiger partial charge in [0.2, 0.25) is 0 Å². The summed E-state index contributed by atoms with van der Waals surface area (Å²) in [6.45, 7) is 20.2. The van der Waals surface area contributed by atoms with Crippen LogP contribution in [-0.4, -0.2) is 36.0 Å². The molecule has 0 atom stereocenters. The summed E-state index contributed by atoms with van der Waals surface area (Å²) in [5.74, 6) is -2.10. The van der Waals surface area contributed by atoms with Crippen molar-refractivity contribution in [2.75, 3.05) is 0 Å². The zero-order valence-electron chi connectivity index (χ0n) is 22.6. The molecular weight excluding hydrogens is 478 g/mol. The first-order chi connectivity index (χ1) is 15.4. The van der Waals surface area contributed by atoms with Gasteiger partial charge in [0.15, 0.2) is 11.6 Å². The van der Waals surface area contributed by atoms with E-state index in [1.54, 1.807) is 83.1 Å². The highest BCUT2D eigenvalue weighted by Crippen LogP contribution is 2.69. The number of Topliss-reactive ketones (excluding diaryl/α,β-unsaturated/α-hetero) is 2. The van der Waals surface area contributed by atoms with Crippen LogP contribution in [0, 0.1) is 11.8 Å². The van der Waals surface area contributed by atoms with E-state index < -0.39 is 61.8 Å². The highest BCUT2D eigenvalue weighted by Gasteiger charge is 2.54. The van der Waals surface area contributed by atoms with Crippen molar-refractivity contribution >= 4 is 26.8 Å². The van der Waals surface area contributed by atoms with Gasteiger partial charge in [0.05, 0.1) is 24.4 Å². The van der Waals surface area contributed by atoms with Crippen LogP contribution in [0.3, 0.4) is 0 Å². The van der Waals surface area contributed by atoms with Gasteiger partial charge in [-0.15, -0.1) is 0 Å². The lowest BCUT2D eigenvalue weighted by Crippen LogP contribution is -2.31. The summed E-state index contributed by atoms with van der Waals surface area (Å²) >= 11 is 0. The summed E-state index contributed by atoms with van der Waals surface area (Å²) in [4.78, 5) is 28.1. The second-order valence-electron chi connectivity index (χ2n) is 10.1. The Labute approximate surface area is 204 Å². The molecule has 0 N–H and O–H groups in total. The summed E-state index contributed by atoms with van der Waals surface area (Å²) in [7, 11) is -8.86. The number of hydrogen-bond acceptors (Lipinski definition) is 8. The summed E-state index contributed by atoms with van der Waals surface area (Å²) in [6, 6.07) is 0. The normalized spacial score (nSPS) is 16.6. The van der Waals surface area contributed by atoms with Crippen LogP contribution < -0.4 is 0 Å². The fourth-order valence-electron chi connectivity index (χ4n) is 3.74. The Morgan fingerprint density at radius 1 is 0.471 bits per heavy atom. The smallest absolute Gasteiger partial charge is 0.302 e. The van der Waals surface area contributed by atoms with Crippen LogP contribution in [0.5, 0.6) is 0 Å². The predicted molar refractivity (Wildman–Crippen MR) is 134 cm³/mol. The number of allylic oxidation sites excluding steroid dienone is 4. The van der Waals surface area contributed by atoms with E-state index in [1.165, 1.54) is 0 Å². The Kier molecular flexibility index (Phi) is 10.9. The highest BCUT2D eigenvalue weighted by atomic mass is 31.2. The molecule has 34 heavy (non-hydrogen) atoms. The van der Waals surface area contributed by atoms with Crippen molar-refractivity contribution in [3.63, 3.8) is 0 Å². The average molecular weight is 521 g/mol. The van der Waals surface area contributed by atoms with Crippen LogP contribution in [0.4, 0.5) is 0 Å². The quantitative estimate of drug-likeness (QED) is 0.199. The minimum atomic E-state index is -4.43. The molecule has 0 amide bonds. The average Bonchev–Trinajstić information content (AvgIpc) is 2.58. The lowest BCUT2D eigenvalue weighted by atomic mass is 9.82. The number of ketones is 2. The van der Waals surface area contributed by atoms with Crippen molar-refractivity contribution in [3.05, 3.63) is 21.8 Å². The first kappa shape index (κ1) is 31.2. The van der Waals surface area contributed by atoms with Gasteiger partial charge in [-0.05, 0) is 67.2 Å². The summed E-state index contributed by atoms with van der Waals surface area (Å²) in [6.07, 6.45) is -2.46. The molecule has 1 aliphatic rings. The Bertz CT molecular complexity index is 837. The molecule has 10 heteroatoms. The predicted octanol–water partition coefficient (Wildman–Crippen LogP) is 7.04. The zero-order chi connectivity index (χ0) is 26.8. The van der Waals surface area contributed by atoms with Gasteiger partial charge in [-0.1, -0.05) is 27.7 Å². The molecule has 0 aliphatic heterocycles. The maximum Gasteiger partial charge on any atom is 0.366 e. The van der Waals surface area contributed by atoms with Gasteiger partial charge in [-0.3, -0.25) is 18.7 Å². The Morgan fingerprint density at radius 2 is 0.676 bits per heavy atom. The van der Waals surface area contributed by atoms with E-state index in [4.69, 9.17) is 18.1 Å². The minimum Gasteiger partial charge on any atom is -0.302 e. The van der Waals surface area contributed by atoms with Gasteiger partial charge >= 0.3 is 15.2 Å². The van der Waals surface area contributed by atoms with Crippen LogP contribution >= 0.6 is 15.2 Å². The summed E-state index contributed by atoms with van der Waals surface area (Å²) in [5.41, 5.74) is 0.415. The van der Waals surface area contributed by atoms with Crippen molar-refractivity contribution in [1.82, 2.24) is 0 Å². The molecule has 0 spiro atoms. The number of carbonyl (C=O) groups excluding carboxylic acids is 2. The molecule has 0 aromatic carbocycles. The molecule has 0 fully saturated rings. The van der Waals surface area contributed by atoms with Crippen LogP contribution in [-0.2, 0) is 36.8 Å². The van der Waals surface area contributed by atoms with E-state index in [1.807, 2.05) is 0 Å². The number of rotatable bonds is 12.